The highest BCUT2D eigenvalue weighted by molar-refractivity contribution is 5.97. The lowest BCUT2D eigenvalue weighted by Gasteiger charge is -2.35. The average Bonchev–Trinajstić information content (AvgIpc) is 3.40. The van der Waals surface area contributed by atoms with Gasteiger partial charge in [0, 0.05) is 28.5 Å². The number of benzene rings is 3. The standard InChI is InChI=1S/C26H20N2O2/c29-26(23-16-18-10-4-7-13-22(18)30-23)28-15-14-20-19-11-5-6-12-21(19)27-24(20)25(28)17-8-2-1-3-9-17/h1-13,16,25,27H,14-15H2/t25-/m1/s1. The molecule has 2 aromatic heterocycles. The summed E-state index contributed by atoms with van der Waals surface area (Å²) in [5.41, 5.74) is 5.34. The number of aromatic amines is 1. The van der Waals surface area contributed by atoms with Gasteiger partial charge in [-0.1, -0.05) is 66.7 Å². The van der Waals surface area contributed by atoms with Crippen LogP contribution in [0.5, 0.6) is 0 Å². The summed E-state index contributed by atoms with van der Waals surface area (Å²) < 4.78 is 5.91. The maximum absolute atomic E-state index is 13.6. The third kappa shape index (κ3) is 2.57. The van der Waals surface area contributed by atoms with Crippen molar-refractivity contribution in [3.8, 4) is 0 Å². The number of nitrogens with one attached hydrogen (secondary N) is 1. The second kappa shape index (κ2) is 6.63. The van der Waals surface area contributed by atoms with Gasteiger partial charge in [0.15, 0.2) is 5.76 Å². The molecule has 1 atom stereocenters. The molecule has 1 N–H and O–H groups in total. The number of aromatic nitrogens is 1. The molecule has 5 aromatic rings. The number of hydrogen-bond donors (Lipinski definition) is 1. The van der Waals surface area contributed by atoms with Crippen molar-refractivity contribution in [3.05, 3.63) is 108 Å². The zero-order valence-corrected chi connectivity index (χ0v) is 16.3. The molecule has 4 heteroatoms. The highest BCUT2D eigenvalue weighted by atomic mass is 16.3. The lowest BCUT2D eigenvalue weighted by molar-refractivity contribution is 0.0662. The second-order valence-electron chi connectivity index (χ2n) is 7.77. The Hall–Kier alpha value is -3.79. The lowest BCUT2D eigenvalue weighted by atomic mass is 9.92. The first-order valence-corrected chi connectivity index (χ1v) is 10.2. The summed E-state index contributed by atoms with van der Waals surface area (Å²) in [6.07, 6.45) is 0.814. The quantitative estimate of drug-likeness (QED) is 0.419. The van der Waals surface area contributed by atoms with Crippen LogP contribution in [0.4, 0.5) is 0 Å². The average molecular weight is 392 g/mol. The molecule has 0 unspecified atom stereocenters. The summed E-state index contributed by atoms with van der Waals surface area (Å²) in [5, 5.41) is 2.18. The number of nitrogens with zero attached hydrogens (tertiary/aromatic N) is 1. The fraction of sp³-hybridized carbons (Fsp3) is 0.115. The predicted molar refractivity (Wildman–Crippen MR) is 118 cm³/mol. The summed E-state index contributed by atoms with van der Waals surface area (Å²) in [5.74, 6) is 0.307. The Morgan fingerprint density at radius 2 is 1.70 bits per heavy atom. The van der Waals surface area contributed by atoms with Crippen LogP contribution in [0, 0.1) is 0 Å². The Kier molecular flexibility index (Phi) is 3.78. The van der Waals surface area contributed by atoms with Crippen LogP contribution < -0.4 is 0 Å². The Morgan fingerprint density at radius 3 is 2.57 bits per heavy atom. The number of para-hydroxylation sites is 2. The van der Waals surface area contributed by atoms with Crippen LogP contribution >= 0.6 is 0 Å². The van der Waals surface area contributed by atoms with Gasteiger partial charge in [-0.05, 0) is 35.7 Å². The van der Waals surface area contributed by atoms with E-state index in [2.05, 4.69) is 35.3 Å². The molecule has 0 saturated heterocycles. The normalized spacial score (nSPS) is 16.1. The zero-order valence-electron chi connectivity index (χ0n) is 16.3. The Bertz CT molecular complexity index is 1350. The molecule has 3 heterocycles. The molecule has 6 rings (SSSR count). The van der Waals surface area contributed by atoms with E-state index in [0.717, 1.165) is 34.2 Å². The zero-order chi connectivity index (χ0) is 20.1. The van der Waals surface area contributed by atoms with Crippen LogP contribution in [-0.4, -0.2) is 22.3 Å². The Labute approximate surface area is 173 Å². The number of rotatable bonds is 2. The van der Waals surface area contributed by atoms with Gasteiger partial charge in [0.25, 0.3) is 5.91 Å². The molecule has 0 radical (unpaired) electrons. The molecule has 1 amide bonds. The van der Waals surface area contributed by atoms with E-state index in [9.17, 15) is 4.79 Å². The van der Waals surface area contributed by atoms with Gasteiger partial charge in [0.2, 0.25) is 0 Å². The molecule has 1 aliphatic rings. The second-order valence-corrected chi connectivity index (χ2v) is 7.77. The molecular weight excluding hydrogens is 372 g/mol. The summed E-state index contributed by atoms with van der Waals surface area (Å²) in [4.78, 5) is 19.1. The van der Waals surface area contributed by atoms with E-state index in [1.54, 1.807) is 0 Å². The minimum Gasteiger partial charge on any atom is -0.451 e. The van der Waals surface area contributed by atoms with E-state index in [1.807, 2.05) is 59.5 Å². The van der Waals surface area contributed by atoms with E-state index >= 15 is 0 Å². The number of amides is 1. The van der Waals surface area contributed by atoms with Crippen molar-refractivity contribution < 1.29 is 9.21 Å². The molecule has 0 fully saturated rings. The fourth-order valence-electron chi connectivity index (χ4n) is 4.67. The number of carbonyl (C=O) groups excluding carboxylic acids is 1. The van der Waals surface area contributed by atoms with Crippen LogP contribution in [0.3, 0.4) is 0 Å². The van der Waals surface area contributed by atoms with Crippen LogP contribution in [-0.2, 0) is 6.42 Å². The lowest BCUT2D eigenvalue weighted by Crippen LogP contribution is -2.40. The molecule has 30 heavy (non-hydrogen) atoms. The van der Waals surface area contributed by atoms with Crippen molar-refractivity contribution in [1.82, 2.24) is 9.88 Å². The van der Waals surface area contributed by atoms with E-state index in [-0.39, 0.29) is 11.9 Å². The van der Waals surface area contributed by atoms with E-state index in [1.165, 1.54) is 10.9 Å². The van der Waals surface area contributed by atoms with Gasteiger partial charge < -0.3 is 14.3 Å². The van der Waals surface area contributed by atoms with Crippen molar-refractivity contribution in [3.63, 3.8) is 0 Å². The summed E-state index contributed by atoms with van der Waals surface area (Å²) in [6, 6.07) is 28.0. The smallest absolute Gasteiger partial charge is 0.290 e. The van der Waals surface area contributed by atoms with E-state index < -0.39 is 0 Å². The van der Waals surface area contributed by atoms with E-state index in [0.29, 0.717) is 12.3 Å². The molecule has 0 spiro atoms. The minimum atomic E-state index is -0.178. The monoisotopic (exact) mass is 392 g/mol. The number of fused-ring (bicyclic) bond motifs is 4. The van der Waals surface area contributed by atoms with Gasteiger partial charge >= 0.3 is 0 Å². The van der Waals surface area contributed by atoms with Crippen LogP contribution in [0.1, 0.15) is 33.4 Å². The van der Waals surface area contributed by atoms with E-state index in [4.69, 9.17) is 4.42 Å². The fourth-order valence-corrected chi connectivity index (χ4v) is 4.67. The van der Waals surface area contributed by atoms with Gasteiger partial charge in [-0.2, -0.15) is 0 Å². The van der Waals surface area contributed by atoms with Gasteiger partial charge in [-0.3, -0.25) is 4.79 Å². The van der Waals surface area contributed by atoms with Crippen molar-refractivity contribution in [2.45, 2.75) is 12.5 Å². The topological polar surface area (TPSA) is 49.2 Å². The summed E-state index contributed by atoms with van der Waals surface area (Å²) in [6.45, 7) is 0.643. The molecule has 4 nitrogen and oxygen atoms in total. The van der Waals surface area contributed by atoms with Gasteiger partial charge in [-0.25, -0.2) is 0 Å². The van der Waals surface area contributed by atoms with Crippen molar-refractivity contribution in [2.24, 2.45) is 0 Å². The van der Waals surface area contributed by atoms with Crippen LogP contribution in [0.15, 0.2) is 89.3 Å². The molecule has 1 aliphatic heterocycles. The van der Waals surface area contributed by atoms with Crippen LogP contribution in [0.25, 0.3) is 21.9 Å². The van der Waals surface area contributed by atoms with Crippen molar-refractivity contribution >= 4 is 27.8 Å². The van der Waals surface area contributed by atoms with Gasteiger partial charge in [-0.15, -0.1) is 0 Å². The highest BCUT2D eigenvalue weighted by Gasteiger charge is 2.35. The number of hydrogen-bond acceptors (Lipinski definition) is 2. The maximum Gasteiger partial charge on any atom is 0.290 e. The highest BCUT2D eigenvalue weighted by Crippen LogP contribution is 2.39. The number of furan rings is 1. The third-order valence-electron chi connectivity index (χ3n) is 6.05. The molecule has 0 aliphatic carbocycles. The summed E-state index contributed by atoms with van der Waals surface area (Å²) >= 11 is 0. The van der Waals surface area contributed by atoms with Crippen LogP contribution in [0.2, 0.25) is 0 Å². The first-order valence-electron chi connectivity index (χ1n) is 10.2. The first kappa shape index (κ1) is 17.1. The maximum atomic E-state index is 13.6. The molecule has 0 saturated carbocycles. The largest absolute Gasteiger partial charge is 0.451 e. The predicted octanol–water partition coefficient (Wildman–Crippen LogP) is 5.70. The Balaban J connectivity index is 1.50. The summed E-state index contributed by atoms with van der Waals surface area (Å²) in [7, 11) is 0. The van der Waals surface area contributed by atoms with Crippen molar-refractivity contribution in [2.75, 3.05) is 6.54 Å². The van der Waals surface area contributed by atoms with Crippen molar-refractivity contribution in [1.29, 1.82) is 0 Å². The van der Waals surface area contributed by atoms with Gasteiger partial charge in [0.1, 0.15) is 5.58 Å². The molecular formula is C26H20N2O2. The number of H-pyrrole nitrogens is 1. The first-order chi connectivity index (χ1) is 14.8. The molecule has 146 valence electrons. The Morgan fingerprint density at radius 1 is 0.933 bits per heavy atom. The SMILES string of the molecule is O=C(c1cc2ccccc2o1)N1CCc2c([nH]c3ccccc23)[C@H]1c1ccccc1. The third-order valence-corrected chi connectivity index (χ3v) is 6.05. The molecule has 0 bridgehead atoms. The number of carbonyl (C=O) groups is 1. The molecule has 3 aromatic carbocycles. The van der Waals surface area contributed by atoms with Gasteiger partial charge in [0.05, 0.1) is 6.04 Å². The minimum absolute atomic E-state index is 0.0793.